The molecular weight excluding hydrogens is 224 g/mol. The monoisotopic (exact) mass is 250 g/mol. The number of ether oxygens (including phenoxy) is 1. The van der Waals surface area contributed by atoms with Crippen LogP contribution in [0.5, 0.6) is 0 Å². The fourth-order valence-corrected chi connectivity index (χ4v) is 2.41. The Morgan fingerprint density at radius 3 is 2.22 bits per heavy atom. The Bertz CT molecular complexity index is 335. The van der Waals surface area contributed by atoms with Gasteiger partial charge < -0.3 is 10.5 Å². The molecule has 1 aromatic carbocycles. The zero-order valence-electron chi connectivity index (χ0n) is 12.0. The van der Waals surface area contributed by atoms with Crippen LogP contribution in [0.2, 0.25) is 0 Å². The van der Waals surface area contributed by atoms with E-state index in [2.05, 4.69) is 49.9 Å². The third-order valence-electron chi connectivity index (χ3n) is 3.33. The van der Waals surface area contributed by atoms with Crippen LogP contribution in [-0.2, 0) is 11.3 Å². The van der Waals surface area contributed by atoms with Gasteiger partial charge in [0, 0.05) is 25.7 Å². The molecule has 0 radical (unpaired) electrons. The summed E-state index contributed by atoms with van der Waals surface area (Å²) in [5.41, 5.74) is 8.43. The van der Waals surface area contributed by atoms with E-state index in [9.17, 15) is 0 Å². The van der Waals surface area contributed by atoms with Gasteiger partial charge in [-0.25, -0.2) is 0 Å². The van der Waals surface area contributed by atoms with E-state index in [0.717, 1.165) is 6.54 Å². The van der Waals surface area contributed by atoms with E-state index in [1.54, 1.807) is 7.11 Å². The third-order valence-corrected chi connectivity index (χ3v) is 3.33. The molecule has 1 aromatic rings. The molecule has 0 amide bonds. The summed E-state index contributed by atoms with van der Waals surface area (Å²) in [5.74, 6) is 0. The summed E-state index contributed by atoms with van der Waals surface area (Å²) < 4.78 is 5.13. The number of likely N-dealkylation sites (N-methyl/N-ethyl adjacent to an activating group) is 1. The largest absolute Gasteiger partial charge is 0.380 e. The Hall–Kier alpha value is -0.900. The first kappa shape index (κ1) is 15.2. The number of hydrogen-bond acceptors (Lipinski definition) is 3. The van der Waals surface area contributed by atoms with E-state index in [-0.39, 0.29) is 0 Å². The molecule has 0 saturated carbocycles. The normalized spacial score (nSPS) is 13.3. The molecule has 0 spiro atoms. The maximum atomic E-state index is 5.95. The van der Waals surface area contributed by atoms with Gasteiger partial charge in [-0.05, 0) is 31.5 Å². The molecule has 2 N–H and O–H groups in total. The molecular formula is C15H26N2O. The zero-order valence-corrected chi connectivity index (χ0v) is 12.0. The molecule has 1 atom stereocenters. The van der Waals surface area contributed by atoms with Crippen LogP contribution in [0.3, 0.4) is 0 Å². The first-order valence-electron chi connectivity index (χ1n) is 6.67. The molecule has 1 unspecified atom stereocenters. The number of hydrogen-bond donors (Lipinski definition) is 1. The molecule has 0 aliphatic rings. The van der Waals surface area contributed by atoms with Crippen LogP contribution >= 0.6 is 0 Å². The number of nitrogens with zero attached hydrogens (tertiary/aromatic N) is 1. The summed E-state index contributed by atoms with van der Waals surface area (Å²) in [5, 5.41) is 0. The first-order chi connectivity index (χ1) is 8.63. The molecule has 18 heavy (non-hydrogen) atoms. The third kappa shape index (κ3) is 3.80. The average Bonchev–Trinajstić information content (AvgIpc) is 2.37. The van der Waals surface area contributed by atoms with Crippen molar-refractivity contribution in [2.45, 2.75) is 39.5 Å². The lowest BCUT2D eigenvalue weighted by Gasteiger charge is -2.33. The fourth-order valence-electron chi connectivity index (χ4n) is 2.41. The SMILES string of the molecule is CCN(C(C)C)C(CN)c1ccc(COC)cc1. The summed E-state index contributed by atoms with van der Waals surface area (Å²) in [6, 6.07) is 9.37. The van der Waals surface area contributed by atoms with Crippen LogP contribution < -0.4 is 5.73 Å². The van der Waals surface area contributed by atoms with Crippen molar-refractivity contribution in [3.05, 3.63) is 35.4 Å². The Balaban J connectivity index is 2.87. The van der Waals surface area contributed by atoms with Crippen molar-refractivity contribution in [2.75, 3.05) is 20.2 Å². The minimum atomic E-state index is 0.298. The molecule has 0 fully saturated rings. The molecule has 0 bridgehead atoms. The van der Waals surface area contributed by atoms with Gasteiger partial charge in [-0.3, -0.25) is 4.90 Å². The van der Waals surface area contributed by atoms with Gasteiger partial charge in [0.15, 0.2) is 0 Å². The number of rotatable bonds is 7. The standard InChI is InChI=1S/C15H26N2O/c1-5-17(12(2)3)15(10-16)14-8-6-13(7-9-14)11-18-4/h6-9,12,15H,5,10-11,16H2,1-4H3. The predicted molar refractivity (Wildman–Crippen MR) is 76.5 cm³/mol. The van der Waals surface area contributed by atoms with E-state index in [4.69, 9.17) is 10.5 Å². The van der Waals surface area contributed by atoms with Crippen molar-refractivity contribution in [1.82, 2.24) is 4.90 Å². The van der Waals surface area contributed by atoms with Crippen molar-refractivity contribution in [1.29, 1.82) is 0 Å². The molecule has 3 heteroatoms. The van der Waals surface area contributed by atoms with Gasteiger partial charge in [0.05, 0.1) is 6.61 Å². The van der Waals surface area contributed by atoms with Gasteiger partial charge in [0.2, 0.25) is 0 Å². The number of methoxy groups -OCH3 is 1. The number of benzene rings is 1. The lowest BCUT2D eigenvalue weighted by atomic mass is 10.0. The Morgan fingerprint density at radius 1 is 1.22 bits per heavy atom. The lowest BCUT2D eigenvalue weighted by molar-refractivity contribution is 0.166. The summed E-state index contributed by atoms with van der Waals surface area (Å²) in [6.45, 7) is 8.93. The van der Waals surface area contributed by atoms with Gasteiger partial charge in [-0.15, -0.1) is 0 Å². The first-order valence-corrected chi connectivity index (χ1v) is 6.67. The van der Waals surface area contributed by atoms with E-state index < -0.39 is 0 Å². The van der Waals surface area contributed by atoms with Gasteiger partial charge >= 0.3 is 0 Å². The maximum Gasteiger partial charge on any atom is 0.0713 e. The van der Waals surface area contributed by atoms with Crippen LogP contribution in [0.1, 0.15) is 37.9 Å². The van der Waals surface area contributed by atoms with Gasteiger partial charge in [-0.2, -0.15) is 0 Å². The molecule has 3 nitrogen and oxygen atoms in total. The van der Waals surface area contributed by atoms with E-state index in [0.29, 0.717) is 25.2 Å². The van der Waals surface area contributed by atoms with Crippen LogP contribution in [0.4, 0.5) is 0 Å². The second kappa shape index (κ2) is 7.52. The molecule has 0 aliphatic heterocycles. The Kier molecular flexibility index (Phi) is 6.33. The summed E-state index contributed by atoms with van der Waals surface area (Å²) in [6.07, 6.45) is 0. The highest BCUT2D eigenvalue weighted by atomic mass is 16.5. The van der Waals surface area contributed by atoms with Crippen molar-refractivity contribution in [3.8, 4) is 0 Å². The highest BCUT2D eigenvalue weighted by Gasteiger charge is 2.19. The van der Waals surface area contributed by atoms with E-state index in [1.807, 2.05) is 0 Å². The average molecular weight is 250 g/mol. The molecule has 0 heterocycles. The highest BCUT2D eigenvalue weighted by molar-refractivity contribution is 5.25. The van der Waals surface area contributed by atoms with Crippen molar-refractivity contribution < 1.29 is 4.74 Å². The minimum Gasteiger partial charge on any atom is -0.380 e. The van der Waals surface area contributed by atoms with Gasteiger partial charge in [0.1, 0.15) is 0 Å². The van der Waals surface area contributed by atoms with Crippen LogP contribution in [0.15, 0.2) is 24.3 Å². The predicted octanol–water partition coefficient (Wildman–Crippen LogP) is 2.56. The van der Waals surface area contributed by atoms with Crippen molar-refractivity contribution in [2.24, 2.45) is 5.73 Å². The Morgan fingerprint density at radius 2 is 1.83 bits per heavy atom. The Labute approximate surface area is 111 Å². The van der Waals surface area contributed by atoms with Crippen molar-refractivity contribution in [3.63, 3.8) is 0 Å². The van der Waals surface area contributed by atoms with Gasteiger partial charge in [-0.1, -0.05) is 31.2 Å². The summed E-state index contributed by atoms with van der Waals surface area (Å²) >= 11 is 0. The van der Waals surface area contributed by atoms with Crippen molar-refractivity contribution >= 4 is 0 Å². The molecule has 1 rings (SSSR count). The highest BCUT2D eigenvalue weighted by Crippen LogP contribution is 2.22. The van der Waals surface area contributed by atoms with Gasteiger partial charge in [0.25, 0.3) is 0 Å². The summed E-state index contributed by atoms with van der Waals surface area (Å²) in [4.78, 5) is 2.42. The van der Waals surface area contributed by atoms with Crippen LogP contribution in [0, 0.1) is 0 Å². The molecule has 0 aliphatic carbocycles. The maximum absolute atomic E-state index is 5.95. The zero-order chi connectivity index (χ0) is 13.5. The topological polar surface area (TPSA) is 38.5 Å². The second-order valence-corrected chi connectivity index (χ2v) is 4.85. The second-order valence-electron chi connectivity index (χ2n) is 4.85. The van der Waals surface area contributed by atoms with Crippen LogP contribution in [-0.4, -0.2) is 31.1 Å². The summed E-state index contributed by atoms with van der Waals surface area (Å²) in [7, 11) is 1.72. The quantitative estimate of drug-likeness (QED) is 0.808. The molecule has 102 valence electrons. The molecule has 0 saturated heterocycles. The smallest absolute Gasteiger partial charge is 0.0713 e. The van der Waals surface area contributed by atoms with E-state index >= 15 is 0 Å². The fraction of sp³-hybridized carbons (Fsp3) is 0.600. The molecule has 0 aromatic heterocycles. The minimum absolute atomic E-state index is 0.298. The van der Waals surface area contributed by atoms with Crippen LogP contribution in [0.25, 0.3) is 0 Å². The van der Waals surface area contributed by atoms with E-state index in [1.165, 1.54) is 11.1 Å². The lowest BCUT2D eigenvalue weighted by Crippen LogP contribution is -2.38. The number of nitrogens with two attached hydrogens (primary N) is 1.